The van der Waals surface area contributed by atoms with Crippen molar-refractivity contribution in [1.29, 1.82) is 0 Å². The Kier molecular flexibility index (Phi) is 4.12. The van der Waals surface area contributed by atoms with Crippen molar-refractivity contribution in [2.75, 3.05) is 6.79 Å². The van der Waals surface area contributed by atoms with Crippen LogP contribution >= 0.6 is 11.3 Å². The maximum Gasteiger partial charge on any atom is 0.318 e. The van der Waals surface area contributed by atoms with E-state index in [1.54, 1.807) is 6.07 Å². The third kappa shape index (κ3) is 4.04. The van der Waals surface area contributed by atoms with E-state index in [4.69, 9.17) is 0 Å². The summed E-state index contributed by atoms with van der Waals surface area (Å²) in [6, 6.07) is 3.62. The summed E-state index contributed by atoms with van der Waals surface area (Å²) >= 11 is 1.43. The van der Waals surface area contributed by atoms with Crippen LogP contribution in [0.25, 0.3) is 0 Å². The maximum atomic E-state index is 11.0. The van der Waals surface area contributed by atoms with Gasteiger partial charge in [0.2, 0.25) is 6.79 Å². The monoisotopic (exact) mass is 213 g/mol. The van der Waals surface area contributed by atoms with Crippen LogP contribution in [0.5, 0.6) is 0 Å². The van der Waals surface area contributed by atoms with Gasteiger partial charge < -0.3 is 9.47 Å². The average Bonchev–Trinajstić information content (AvgIpc) is 2.56. The molecule has 1 rings (SSSR count). The number of ether oxygens (including phenoxy) is 2. The van der Waals surface area contributed by atoms with Gasteiger partial charge in [-0.25, -0.2) is 0 Å². The summed E-state index contributed by atoms with van der Waals surface area (Å²) in [5.41, 5.74) is 0. The van der Waals surface area contributed by atoms with Crippen molar-refractivity contribution >= 4 is 23.3 Å². The Hall–Kier alpha value is -1.36. The van der Waals surface area contributed by atoms with E-state index in [9.17, 15) is 9.59 Å². The Balaban J connectivity index is 2.20. The fourth-order valence-electron chi connectivity index (χ4n) is 0.702. The molecule has 0 unspecified atom stereocenters. The molecule has 1 aromatic heterocycles. The first-order chi connectivity index (χ1) is 6.68. The van der Waals surface area contributed by atoms with Gasteiger partial charge in [0.05, 0.1) is 0 Å². The van der Waals surface area contributed by atoms with Gasteiger partial charge >= 0.3 is 11.9 Å². The molecule has 1 heterocycles. The molecule has 0 aliphatic rings. The fourth-order valence-corrected chi connectivity index (χ4v) is 1.34. The molecule has 0 aliphatic carbocycles. The largest absolute Gasteiger partial charge is 0.428 e. The number of hydrogen-bond acceptors (Lipinski definition) is 5. The van der Waals surface area contributed by atoms with Crippen molar-refractivity contribution < 1.29 is 19.1 Å². The molecule has 75 valence electrons. The average molecular weight is 213 g/mol. The summed E-state index contributed by atoms with van der Waals surface area (Å²) in [5.74, 6) is -0.998. The summed E-state index contributed by atoms with van der Waals surface area (Å²) in [4.78, 5) is 22.2. The lowest BCUT2D eigenvalue weighted by Gasteiger charge is -2.02. The lowest BCUT2D eigenvalue weighted by Crippen LogP contribution is -2.10. The van der Waals surface area contributed by atoms with Crippen molar-refractivity contribution in [3.05, 3.63) is 28.8 Å². The molecule has 0 spiro atoms. The van der Waals surface area contributed by atoms with Crippen LogP contribution in [0.4, 0.5) is 0 Å². The Labute approximate surface area is 85.4 Å². The third-order valence-electron chi connectivity index (χ3n) is 1.27. The van der Waals surface area contributed by atoms with Crippen molar-refractivity contribution in [3.63, 3.8) is 0 Å². The van der Waals surface area contributed by atoms with Crippen molar-refractivity contribution in [1.82, 2.24) is 0 Å². The first kappa shape index (κ1) is 10.7. The van der Waals surface area contributed by atoms with Crippen LogP contribution in [0.15, 0.2) is 17.5 Å². The lowest BCUT2D eigenvalue weighted by molar-refractivity contribution is -0.162. The highest BCUT2D eigenvalue weighted by atomic mass is 32.1. The summed E-state index contributed by atoms with van der Waals surface area (Å²) in [6.45, 7) is 0.910. The van der Waals surface area contributed by atoms with Crippen LogP contribution in [0.1, 0.15) is 11.8 Å². The molecule has 1 radical (unpaired) electrons. The van der Waals surface area contributed by atoms with Crippen LogP contribution in [0.2, 0.25) is 0 Å². The van der Waals surface area contributed by atoms with E-state index in [1.165, 1.54) is 24.7 Å². The number of carbonyl (C=O) groups is 2. The summed E-state index contributed by atoms with van der Waals surface area (Å²) in [6.07, 6.45) is 1.34. The summed E-state index contributed by atoms with van der Waals surface area (Å²) in [7, 11) is 0. The standard InChI is InChI=1S/C9H9O4S/c1-7(10)12-6-13-9(11)5-8-3-2-4-14-8/h2-5H,6H2,1H3. The predicted molar refractivity (Wildman–Crippen MR) is 50.4 cm³/mol. The van der Waals surface area contributed by atoms with E-state index in [1.807, 2.05) is 11.4 Å². The molecule has 0 amide bonds. The Morgan fingerprint density at radius 2 is 2.29 bits per heavy atom. The van der Waals surface area contributed by atoms with E-state index < -0.39 is 11.9 Å². The number of hydrogen-bond donors (Lipinski definition) is 0. The van der Waals surface area contributed by atoms with Crippen molar-refractivity contribution in [2.24, 2.45) is 0 Å². The van der Waals surface area contributed by atoms with Gasteiger partial charge in [0, 0.05) is 11.8 Å². The van der Waals surface area contributed by atoms with Crippen LogP contribution in [0.3, 0.4) is 0 Å². The Morgan fingerprint density at radius 1 is 1.50 bits per heavy atom. The van der Waals surface area contributed by atoms with Crippen LogP contribution in [0, 0.1) is 6.42 Å². The second kappa shape index (κ2) is 5.39. The molecule has 0 atom stereocenters. The zero-order valence-corrected chi connectivity index (χ0v) is 8.37. The minimum Gasteiger partial charge on any atom is -0.428 e. The third-order valence-corrected chi connectivity index (χ3v) is 2.09. The van der Waals surface area contributed by atoms with Crippen LogP contribution in [-0.4, -0.2) is 18.7 Å². The number of carbonyl (C=O) groups excluding carboxylic acids is 2. The molecule has 5 heteroatoms. The normalized spacial score (nSPS) is 9.50. The second-order valence-electron chi connectivity index (χ2n) is 2.38. The zero-order chi connectivity index (χ0) is 10.4. The minimum atomic E-state index is -0.520. The van der Waals surface area contributed by atoms with Gasteiger partial charge in [0.1, 0.15) is 6.42 Å². The first-order valence-corrected chi connectivity index (χ1v) is 4.75. The fraction of sp³-hybridized carbons (Fsp3) is 0.222. The SMILES string of the molecule is CC(=O)OCOC(=O)[CH]c1cccs1. The maximum absolute atomic E-state index is 11.0. The van der Waals surface area contributed by atoms with Crippen molar-refractivity contribution in [2.45, 2.75) is 6.92 Å². The molecule has 0 bridgehead atoms. The van der Waals surface area contributed by atoms with Gasteiger partial charge in [-0.15, -0.1) is 11.3 Å². The van der Waals surface area contributed by atoms with E-state index in [-0.39, 0.29) is 6.79 Å². The Bertz CT molecular complexity index is 305. The molecule has 0 aliphatic heterocycles. The molecule has 1 aromatic rings. The topological polar surface area (TPSA) is 52.6 Å². The molecule has 0 N–H and O–H groups in total. The van der Waals surface area contributed by atoms with E-state index in [2.05, 4.69) is 9.47 Å². The molecule has 0 aromatic carbocycles. The van der Waals surface area contributed by atoms with Gasteiger partial charge in [0.15, 0.2) is 0 Å². The predicted octanol–water partition coefficient (Wildman–Crippen LogP) is 1.36. The highest BCUT2D eigenvalue weighted by Crippen LogP contribution is 2.11. The number of thiophene rings is 1. The minimum absolute atomic E-state index is 0.337. The molecular weight excluding hydrogens is 204 g/mol. The van der Waals surface area contributed by atoms with E-state index in [0.717, 1.165) is 4.88 Å². The molecular formula is C9H9O4S. The van der Waals surface area contributed by atoms with Crippen molar-refractivity contribution in [3.8, 4) is 0 Å². The van der Waals surface area contributed by atoms with Gasteiger partial charge in [-0.2, -0.15) is 0 Å². The van der Waals surface area contributed by atoms with E-state index in [0.29, 0.717) is 0 Å². The highest BCUT2D eigenvalue weighted by molar-refractivity contribution is 7.10. The zero-order valence-electron chi connectivity index (χ0n) is 7.56. The van der Waals surface area contributed by atoms with E-state index >= 15 is 0 Å². The second-order valence-corrected chi connectivity index (χ2v) is 3.36. The molecule has 4 nitrogen and oxygen atoms in total. The van der Waals surface area contributed by atoms with Crippen LogP contribution in [-0.2, 0) is 19.1 Å². The summed E-state index contributed by atoms with van der Waals surface area (Å²) < 4.78 is 9.03. The summed E-state index contributed by atoms with van der Waals surface area (Å²) in [5, 5.41) is 1.85. The molecule has 0 saturated heterocycles. The quantitative estimate of drug-likeness (QED) is 0.560. The van der Waals surface area contributed by atoms with Gasteiger partial charge in [0.25, 0.3) is 0 Å². The van der Waals surface area contributed by atoms with Gasteiger partial charge in [-0.3, -0.25) is 9.59 Å². The number of esters is 2. The highest BCUT2D eigenvalue weighted by Gasteiger charge is 2.06. The lowest BCUT2D eigenvalue weighted by atomic mass is 10.3. The van der Waals surface area contributed by atoms with Crippen LogP contribution < -0.4 is 0 Å². The smallest absolute Gasteiger partial charge is 0.318 e. The molecule has 0 fully saturated rings. The number of rotatable bonds is 4. The molecule has 14 heavy (non-hydrogen) atoms. The van der Waals surface area contributed by atoms with Gasteiger partial charge in [-0.1, -0.05) is 6.07 Å². The molecule has 0 saturated carbocycles. The first-order valence-electron chi connectivity index (χ1n) is 3.87. The van der Waals surface area contributed by atoms with Gasteiger partial charge in [-0.05, 0) is 11.4 Å². The Morgan fingerprint density at radius 3 is 2.86 bits per heavy atom.